The summed E-state index contributed by atoms with van der Waals surface area (Å²) < 4.78 is 16.5. The zero-order valence-corrected chi connectivity index (χ0v) is 18.7. The van der Waals surface area contributed by atoms with E-state index in [-0.39, 0.29) is 5.75 Å². The van der Waals surface area contributed by atoms with E-state index in [4.69, 9.17) is 25.8 Å². The van der Waals surface area contributed by atoms with Crippen molar-refractivity contribution in [2.45, 2.75) is 13.5 Å². The monoisotopic (exact) mass is 464 g/mol. The van der Waals surface area contributed by atoms with Gasteiger partial charge in [-0.2, -0.15) is 5.10 Å². The smallest absolute Gasteiger partial charge is 0.337 e. The quantitative estimate of drug-likeness (QED) is 0.330. The number of phenolic OH excluding ortho intramolecular Hbond substituents is 1. The lowest BCUT2D eigenvalue weighted by molar-refractivity contribution is 0.0600. The second-order valence-electron chi connectivity index (χ2n) is 7.24. The van der Waals surface area contributed by atoms with E-state index in [1.165, 1.54) is 13.2 Å². The number of aryl methyl sites for hydroxylation is 1. The molecule has 0 fully saturated rings. The number of hydrogen-bond acceptors (Lipinski definition) is 6. The summed E-state index contributed by atoms with van der Waals surface area (Å²) in [6.45, 7) is 2.13. The van der Waals surface area contributed by atoms with Gasteiger partial charge in [0.2, 0.25) is 0 Å². The van der Waals surface area contributed by atoms with Crippen LogP contribution in [0.15, 0.2) is 66.7 Å². The van der Waals surface area contributed by atoms with Crippen molar-refractivity contribution in [2.75, 3.05) is 7.11 Å². The number of H-pyrrole nitrogens is 1. The molecule has 0 bridgehead atoms. The SMILES string of the molecule is COC(=O)c1ccc(Oc2c(-c3ccc(OCc4cccc(Cl)c4)cc3O)n[nH]c2C)cc1. The third-order valence-corrected chi connectivity index (χ3v) is 5.14. The van der Waals surface area contributed by atoms with E-state index in [1.807, 2.05) is 25.1 Å². The molecule has 0 unspecified atom stereocenters. The molecule has 4 rings (SSSR count). The zero-order chi connectivity index (χ0) is 23.4. The first-order valence-corrected chi connectivity index (χ1v) is 10.4. The van der Waals surface area contributed by atoms with Crippen LogP contribution in [-0.4, -0.2) is 28.4 Å². The summed E-state index contributed by atoms with van der Waals surface area (Å²) in [5.41, 5.74) is 2.95. The third-order valence-electron chi connectivity index (χ3n) is 4.91. The first kappa shape index (κ1) is 22.2. The highest BCUT2D eigenvalue weighted by atomic mass is 35.5. The van der Waals surface area contributed by atoms with Gasteiger partial charge in [-0.05, 0) is 61.0 Å². The first-order valence-electron chi connectivity index (χ1n) is 10.1. The summed E-state index contributed by atoms with van der Waals surface area (Å²) in [4.78, 5) is 11.6. The van der Waals surface area contributed by atoms with Crippen molar-refractivity contribution in [1.29, 1.82) is 0 Å². The van der Waals surface area contributed by atoms with Crippen molar-refractivity contribution in [3.05, 3.63) is 88.6 Å². The van der Waals surface area contributed by atoms with Crippen molar-refractivity contribution in [3.8, 4) is 34.3 Å². The molecule has 8 heteroatoms. The maximum Gasteiger partial charge on any atom is 0.337 e. The molecule has 0 spiro atoms. The Balaban J connectivity index is 1.53. The Labute approximate surface area is 195 Å². The Hall–Kier alpha value is -3.97. The van der Waals surface area contributed by atoms with Gasteiger partial charge >= 0.3 is 5.97 Å². The molecular weight excluding hydrogens is 444 g/mol. The number of aromatic nitrogens is 2. The van der Waals surface area contributed by atoms with Crippen molar-refractivity contribution < 1.29 is 24.1 Å². The molecule has 0 amide bonds. The van der Waals surface area contributed by atoms with Crippen LogP contribution >= 0.6 is 11.6 Å². The van der Waals surface area contributed by atoms with Crippen LogP contribution in [0.1, 0.15) is 21.6 Å². The highest BCUT2D eigenvalue weighted by Gasteiger charge is 2.19. The largest absolute Gasteiger partial charge is 0.507 e. The molecule has 1 aromatic heterocycles. The van der Waals surface area contributed by atoms with Gasteiger partial charge in [-0.1, -0.05) is 23.7 Å². The van der Waals surface area contributed by atoms with Crippen molar-refractivity contribution in [2.24, 2.45) is 0 Å². The lowest BCUT2D eigenvalue weighted by Crippen LogP contribution is -2.00. The molecule has 0 aliphatic heterocycles. The molecule has 3 aromatic carbocycles. The average Bonchev–Trinajstić information content (AvgIpc) is 3.17. The maximum absolute atomic E-state index is 11.6. The minimum Gasteiger partial charge on any atom is -0.507 e. The lowest BCUT2D eigenvalue weighted by Gasteiger charge is -2.11. The molecule has 7 nitrogen and oxygen atoms in total. The number of benzene rings is 3. The molecule has 0 saturated heterocycles. The van der Waals surface area contributed by atoms with Crippen LogP contribution in [0.2, 0.25) is 5.02 Å². The summed E-state index contributed by atoms with van der Waals surface area (Å²) >= 11 is 6.01. The van der Waals surface area contributed by atoms with Crippen LogP contribution in [0.3, 0.4) is 0 Å². The maximum atomic E-state index is 11.6. The Bertz CT molecular complexity index is 1280. The molecule has 0 atom stereocenters. The second-order valence-corrected chi connectivity index (χ2v) is 7.68. The fourth-order valence-electron chi connectivity index (χ4n) is 3.22. The fraction of sp³-hybridized carbons (Fsp3) is 0.120. The first-order chi connectivity index (χ1) is 15.9. The summed E-state index contributed by atoms with van der Waals surface area (Å²) in [5.74, 6) is 1.04. The van der Waals surface area contributed by atoms with E-state index in [0.29, 0.717) is 51.4 Å². The van der Waals surface area contributed by atoms with E-state index < -0.39 is 5.97 Å². The second kappa shape index (κ2) is 9.67. The van der Waals surface area contributed by atoms with Crippen LogP contribution in [0.5, 0.6) is 23.0 Å². The van der Waals surface area contributed by atoms with Crippen LogP contribution in [0, 0.1) is 6.92 Å². The minimum absolute atomic E-state index is 0.00372. The standard InChI is InChI=1S/C25H21ClN2O5/c1-15-24(33-19-8-6-17(7-9-19)25(30)31-2)23(28-27-15)21-11-10-20(13-22(21)29)32-14-16-4-3-5-18(26)12-16/h3-13,29H,14H2,1-2H3,(H,27,28). The van der Waals surface area contributed by atoms with E-state index in [2.05, 4.69) is 10.2 Å². The van der Waals surface area contributed by atoms with Gasteiger partial charge in [0.15, 0.2) is 5.75 Å². The summed E-state index contributed by atoms with van der Waals surface area (Å²) in [5, 5.41) is 18.5. The van der Waals surface area contributed by atoms with Crippen LogP contribution < -0.4 is 9.47 Å². The molecule has 168 valence electrons. The van der Waals surface area contributed by atoms with Gasteiger partial charge < -0.3 is 19.3 Å². The number of ether oxygens (including phenoxy) is 3. The van der Waals surface area contributed by atoms with Gasteiger partial charge in [0, 0.05) is 16.7 Å². The number of hydrogen-bond donors (Lipinski definition) is 2. The lowest BCUT2D eigenvalue weighted by atomic mass is 10.1. The molecule has 0 aliphatic carbocycles. The number of carbonyl (C=O) groups excluding carboxylic acids is 1. The number of halogens is 1. The van der Waals surface area contributed by atoms with E-state index >= 15 is 0 Å². The Kier molecular flexibility index (Phi) is 6.51. The molecule has 2 N–H and O–H groups in total. The summed E-state index contributed by atoms with van der Waals surface area (Å²) in [7, 11) is 1.33. The Morgan fingerprint density at radius 1 is 1.06 bits per heavy atom. The minimum atomic E-state index is -0.427. The number of aromatic hydroxyl groups is 1. The molecule has 0 saturated carbocycles. The van der Waals surface area contributed by atoms with Gasteiger partial charge in [0.1, 0.15) is 29.5 Å². The molecule has 4 aromatic rings. The van der Waals surface area contributed by atoms with Crippen LogP contribution in [0.25, 0.3) is 11.3 Å². The van der Waals surface area contributed by atoms with Crippen molar-refractivity contribution in [1.82, 2.24) is 10.2 Å². The summed E-state index contributed by atoms with van der Waals surface area (Å²) in [6, 6.07) is 18.9. The van der Waals surface area contributed by atoms with Crippen molar-refractivity contribution >= 4 is 17.6 Å². The van der Waals surface area contributed by atoms with Gasteiger partial charge in [0.05, 0.1) is 18.4 Å². The fourth-order valence-corrected chi connectivity index (χ4v) is 3.43. The molecule has 1 heterocycles. The molecule has 33 heavy (non-hydrogen) atoms. The molecule has 0 radical (unpaired) electrons. The number of nitrogens with zero attached hydrogens (tertiary/aromatic N) is 1. The number of rotatable bonds is 7. The van der Waals surface area contributed by atoms with E-state index in [1.54, 1.807) is 42.5 Å². The van der Waals surface area contributed by atoms with Crippen LogP contribution in [0.4, 0.5) is 0 Å². The summed E-state index contributed by atoms with van der Waals surface area (Å²) in [6.07, 6.45) is 0. The number of esters is 1. The van der Waals surface area contributed by atoms with Gasteiger partial charge in [0.25, 0.3) is 0 Å². The Morgan fingerprint density at radius 2 is 1.82 bits per heavy atom. The number of methoxy groups -OCH3 is 1. The highest BCUT2D eigenvalue weighted by molar-refractivity contribution is 6.30. The zero-order valence-electron chi connectivity index (χ0n) is 18.0. The number of nitrogens with one attached hydrogen (secondary N) is 1. The van der Waals surface area contributed by atoms with Crippen LogP contribution in [-0.2, 0) is 11.3 Å². The predicted octanol–water partition coefficient (Wildman–Crippen LogP) is 5.90. The number of phenols is 1. The number of carbonyl (C=O) groups is 1. The predicted molar refractivity (Wildman–Crippen MR) is 124 cm³/mol. The number of aromatic amines is 1. The third kappa shape index (κ3) is 5.10. The van der Waals surface area contributed by atoms with Gasteiger partial charge in [-0.3, -0.25) is 5.10 Å². The average molecular weight is 465 g/mol. The van der Waals surface area contributed by atoms with E-state index in [9.17, 15) is 9.90 Å². The molecule has 0 aliphatic rings. The molecular formula is C25H21ClN2O5. The topological polar surface area (TPSA) is 93.7 Å². The Morgan fingerprint density at radius 3 is 2.52 bits per heavy atom. The highest BCUT2D eigenvalue weighted by Crippen LogP contribution is 2.39. The van der Waals surface area contributed by atoms with Crippen molar-refractivity contribution in [3.63, 3.8) is 0 Å². The van der Waals surface area contributed by atoms with E-state index in [0.717, 1.165) is 5.56 Å². The van der Waals surface area contributed by atoms with Gasteiger partial charge in [-0.25, -0.2) is 4.79 Å². The van der Waals surface area contributed by atoms with Gasteiger partial charge in [-0.15, -0.1) is 0 Å². The normalized spacial score (nSPS) is 10.6.